The van der Waals surface area contributed by atoms with Gasteiger partial charge in [0.15, 0.2) is 0 Å². The SMILES string of the molecule is CCc1ccc(-c2ccc(C(C)(C)C)cc2)cc1.CCc1ccc(-c2cccc(C(C)C)c2)cc1.CCc1ccc(C(C)(C)C)cc1.CCc1cccc(C(C)(C)C)c1.CCc1ccccc1-c1ccc(C(C)(C)C)cc1.Cc1ccc(C(C)C)cc1.Cc1cccc(C(C)C)c1. The van der Waals surface area contributed by atoms with Crippen LogP contribution < -0.4 is 0 Å². The van der Waals surface area contributed by atoms with Crippen molar-refractivity contribution in [1.82, 2.24) is 0 Å². The van der Waals surface area contributed by atoms with Crippen LogP contribution >= 0.6 is 0 Å². The van der Waals surface area contributed by atoms with Crippen LogP contribution in [0.5, 0.6) is 0 Å². The van der Waals surface area contributed by atoms with Gasteiger partial charge >= 0.3 is 0 Å². The fourth-order valence-electron chi connectivity index (χ4n) is 10.8. The second kappa shape index (κ2) is 39.6. The quantitative estimate of drug-likeness (QED) is 0.121. The Hall–Kier alpha value is -7.80. The summed E-state index contributed by atoms with van der Waals surface area (Å²) in [6, 6.07) is 88.3. The van der Waals surface area contributed by atoms with E-state index in [1.807, 2.05) is 0 Å². The van der Waals surface area contributed by atoms with Crippen molar-refractivity contribution in [2.24, 2.45) is 0 Å². The van der Waals surface area contributed by atoms with E-state index in [0.29, 0.717) is 17.8 Å². The molecule has 0 amide bonds. The lowest BCUT2D eigenvalue weighted by molar-refractivity contribution is 0.589. The standard InChI is InChI=1S/2C18H22.C17H20.2C12H18.2C10H14/c1-5-14-6-8-15(9-7-14)16-10-12-17(13-11-16)18(2,3)4;1-5-14-8-6-7-9-17(14)15-10-12-16(13-11-15)18(2,3)4;1-4-14-8-10-15(11-9-14)17-7-5-6-16(12-17)13(2)3;1-5-10-6-8-11(9-7-10)12(2,3)4;1-5-10-7-6-8-11(9-10)12(2,3)4;1-8(2)10-6-4-9(3)5-7-10;1-8(2)10-6-4-5-9(3)7-10/h2*6-13H,5H2,1-4H3;5-13H,4H2,1-3H3;2*6-9H,5H2,1-4H3;2*4-8H,1-3H3. The Morgan fingerprint density at radius 1 is 0.237 bits per heavy atom. The topological polar surface area (TPSA) is 0 Å². The first kappa shape index (κ1) is 81.6. The van der Waals surface area contributed by atoms with E-state index in [1.54, 1.807) is 0 Å². The van der Waals surface area contributed by atoms with Crippen LogP contribution in [0.15, 0.2) is 243 Å². The van der Waals surface area contributed by atoms with E-state index in [2.05, 4.69) is 416 Å². The van der Waals surface area contributed by atoms with Crippen LogP contribution in [0.2, 0.25) is 0 Å². The highest BCUT2D eigenvalue weighted by molar-refractivity contribution is 5.68. The third kappa shape index (κ3) is 28.7. The molecular weight excluding hydrogens is 1170 g/mol. The fraction of sp³-hybridized carbons (Fsp3) is 0.381. The average molecular weight is 1290 g/mol. The molecule has 0 saturated heterocycles. The van der Waals surface area contributed by atoms with Crippen LogP contribution in [0, 0.1) is 13.8 Å². The molecule has 97 heavy (non-hydrogen) atoms. The van der Waals surface area contributed by atoms with Gasteiger partial charge in [0.2, 0.25) is 0 Å². The summed E-state index contributed by atoms with van der Waals surface area (Å²) in [5.74, 6) is 1.89. The summed E-state index contributed by atoms with van der Waals surface area (Å²) in [5, 5.41) is 0. The molecule has 0 bridgehead atoms. The lowest BCUT2D eigenvalue weighted by Gasteiger charge is -2.19. The first-order chi connectivity index (χ1) is 45.7. The van der Waals surface area contributed by atoms with E-state index < -0.39 is 0 Å². The molecule has 0 spiro atoms. The molecule has 0 aliphatic rings. The first-order valence-electron chi connectivity index (χ1n) is 36.6. The van der Waals surface area contributed by atoms with Crippen molar-refractivity contribution in [2.45, 2.75) is 245 Å². The van der Waals surface area contributed by atoms with Crippen LogP contribution in [-0.2, 0) is 53.8 Å². The van der Waals surface area contributed by atoms with Crippen LogP contribution in [0.25, 0.3) is 33.4 Å². The zero-order valence-corrected chi connectivity index (χ0v) is 65.4. The molecule has 0 atom stereocenters. The third-order valence-corrected chi connectivity index (χ3v) is 18.0. The molecule has 0 aliphatic heterocycles. The minimum Gasteiger partial charge on any atom is -0.0620 e. The molecule has 10 rings (SSSR count). The Labute approximate surface area is 594 Å². The summed E-state index contributed by atoms with van der Waals surface area (Å²) in [7, 11) is 0. The maximum absolute atomic E-state index is 2.31. The lowest BCUT2D eigenvalue weighted by Crippen LogP contribution is -2.10. The Bertz CT molecular complexity index is 3780. The van der Waals surface area contributed by atoms with Gasteiger partial charge in [-0.2, -0.15) is 0 Å². The van der Waals surface area contributed by atoms with Gasteiger partial charge in [0, 0.05) is 0 Å². The van der Waals surface area contributed by atoms with E-state index in [1.165, 1.54) is 111 Å². The van der Waals surface area contributed by atoms with Crippen LogP contribution in [0.1, 0.15) is 255 Å². The van der Waals surface area contributed by atoms with E-state index in [0.717, 1.165) is 32.1 Å². The van der Waals surface area contributed by atoms with E-state index >= 15 is 0 Å². The summed E-state index contributed by atoms with van der Waals surface area (Å²) in [4.78, 5) is 0. The molecule has 0 nitrogen and oxygen atoms in total. The van der Waals surface area contributed by atoms with Crippen molar-refractivity contribution in [3.05, 3.63) is 321 Å². The lowest BCUT2D eigenvalue weighted by atomic mass is 9.86. The maximum atomic E-state index is 2.31. The van der Waals surface area contributed by atoms with Gasteiger partial charge in [0.1, 0.15) is 0 Å². The van der Waals surface area contributed by atoms with Crippen LogP contribution in [0.4, 0.5) is 0 Å². The van der Waals surface area contributed by atoms with Crippen molar-refractivity contribution >= 4 is 0 Å². The molecule has 0 heteroatoms. The van der Waals surface area contributed by atoms with Crippen molar-refractivity contribution in [1.29, 1.82) is 0 Å². The maximum Gasteiger partial charge on any atom is -0.0132 e. The molecule has 516 valence electrons. The molecule has 10 aromatic rings. The fourth-order valence-corrected chi connectivity index (χ4v) is 10.8. The van der Waals surface area contributed by atoms with Gasteiger partial charge in [-0.1, -0.05) is 413 Å². The van der Waals surface area contributed by atoms with E-state index in [4.69, 9.17) is 0 Å². The molecule has 0 aromatic heterocycles. The minimum atomic E-state index is 0.225. The highest BCUT2D eigenvalue weighted by Crippen LogP contribution is 2.31. The highest BCUT2D eigenvalue weighted by atomic mass is 14.2. The zero-order valence-electron chi connectivity index (χ0n) is 65.4. The summed E-state index contributed by atoms with van der Waals surface area (Å²) >= 11 is 0. The third-order valence-electron chi connectivity index (χ3n) is 18.0. The number of rotatable bonds is 11. The summed E-state index contributed by atoms with van der Waals surface area (Å²) < 4.78 is 0. The summed E-state index contributed by atoms with van der Waals surface area (Å²) in [6.45, 7) is 55.5. The summed E-state index contributed by atoms with van der Waals surface area (Å²) in [5.41, 5.74) is 28.6. The van der Waals surface area contributed by atoms with Gasteiger partial charge in [-0.15, -0.1) is 0 Å². The van der Waals surface area contributed by atoms with Gasteiger partial charge in [0.05, 0.1) is 0 Å². The van der Waals surface area contributed by atoms with Crippen LogP contribution in [0.3, 0.4) is 0 Å². The Morgan fingerprint density at radius 3 is 0.969 bits per heavy atom. The largest absolute Gasteiger partial charge is 0.0620 e. The molecule has 0 aliphatic carbocycles. The number of benzene rings is 10. The normalized spacial score (nSPS) is 11.2. The average Bonchev–Trinajstić information content (AvgIpc) is 0.874. The molecular formula is C97H128. The number of hydrogen-bond acceptors (Lipinski definition) is 0. The van der Waals surface area contributed by atoms with Crippen LogP contribution in [-0.4, -0.2) is 0 Å². The molecule has 0 fully saturated rings. The zero-order chi connectivity index (χ0) is 72.1. The smallest absolute Gasteiger partial charge is 0.0132 e. The minimum absolute atomic E-state index is 0.225. The predicted octanol–water partition coefficient (Wildman–Crippen LogP) is 28.8. The molecule has 0 radical (unpaired) electrons. The van der Waals surface area contributed by atoms with Crippen molar-refractivity contribution in [3.8, 4) is 33.4 Å². The van der Waals surface area contributed by atoms with Gasteiger partial charge in [-0.25, -0.2) is 0 Å². The Kier molecular flexibility index (Phi) is 33.3. The van der Waals surface area contributed by atoms with Gasteiger partial charge in [0.25, 0.3) is 0 Å². The van der Waals surface area contributed by atoms with Gasteiger partial charge < -0.3 is 0 Å². The second-order valence-corrected chi connectivity index (χ2v) is 31.3. The Balaban J connectivity index is 0.000000244. The number of aryl methyl sites for hydroxylation is 7. The first-order valence-corrected chi connectivity index (χ1v) is 36.6. The predicted molar refractivity (Wildman–Crippen MR) is 435 cm³/mol. The van der Waals surface area contributed by atoms with E-state index in [-0.39, 0.29) is 21.7 Å². The molecule has 0 heterocycles. The van der Waals surface area contributed by atoms with Gasteiger partial charge in [-0.3, -0.25) is 0 Å². The molecule has 0 N–H and O–H groups in total. The summed E-state index contributed by atoms with van der Waals surface area (Å²) in [6.07, 6.45) is 5.54. The molecule has 0 saturated carbocycles. The second-order valence-electron chi connectivity index (χ2n) is 31.3. The monoisotopic (exact) mass is 1290 g/mol. The molecule has 0 unspecified atom stereocenters. The van der Waals surface area contributed by atoms with Crippen molar-refractivity contribution in [3.63, 3.8) is 0 Å². The van der Waals surface area contributed by atoms with Gasteiger partial charge in [-0.05, 0) is 186 Å². The highest BCUT2D eigenvalue weighted by Gasteiger charge is 2.16. The van der Waals surface area contributed by atoms with Crippen molar-refractivity contribution in [2.75, 3.05) is 0 Å². The molecule has 10 aromatic carbocycles. The van der Waals surface area contributed by atoms with E-state index in [9.17, 15) is 0 Å². The Morgan fingerprint density at radius 2 is 0.588 bits per heavy atom. The number of hydrogen-bond donors (Lipinski definition) is 0. The van der Waals surface area contributed by atoms with Crippen molar-refractivity contribution < 1.29 is 0 Å².